The van der Waals surface area contributed by atoms with Crippen molar-refractivity contribution in [2.45, 2.75) is 33.1 Å². The van der Waals surface area contributed by atoms with Gasteiger partial charge in [-0.2, -0.15) is 0 Å². The lowest BCUT2D eigenvalue weighted by atomic mass is 10.0. The van der Waals surface area contributed by atoms with Crippen molar-refractivity contribution in [1.82, 2.24) is 5.32 Å². The molecule has 1 aliphatic heterocycles. The van der Waals surface area contributed by atoms with E-state index in [0.29, 0.717) is 5.37 Å². The fraction of sp³-hybridized carbons (Fsp3) is 0.571. The van der Waals surface area contributed by atoms with Gasteiger partial charge in [0.2, 0.25) is 0 Å². The third kappa shape index (κ3) is 2.44. The Morgan fingerprint density at radius 1 is 1.12 bits per heavy atom. The summed E-state index contributed by atoms with van der Waals surface area (Å²) in [5.74, 6) is 2.07. The Morgan fingerprint density at radius 3 is 2.44 bits per heavy atom. The van der Waals surface area contributed by atoms with Crippen molar-refractivity contribution in [3.05, 3.63) is 34.4 Å². The molecule has 0 radical (unpaired) electrons. The number of rotatable bonds is 1. The monoisotopic (exact) mass is 235 g/mol. The zero-order valence-electron chi connectivity index (χ0n) is 10.6. The number of thioether (sulfide) groups is 1. The summed E-state index contributed by atoms with van der Waals surface area (Å²) in [5.41, 5.74) is 5.69. The Kier molecular flexibility index (Phi) is 3.60. The quantitative estimate of drug-likeness (QED) is 0.798. The smallest absolute Gasteiger partial charge is 0.0792 e. The molecule has 1 fully saturated rings. The average molecular weight is 235 g/mol. The molecule has 88 valence electrons. The fourth-order valence-electron chi connectivity index (χ4n) is 2.15. The Morgan fingerprint density at radius 2 is 1.81 bits per heavy atom. The van der Waals surface area contributed by atoms with Crippen LogP contribution >= 0.6 is 11.8 Å². The van der Waals surface area contributed by atoms with Gasteiger partial charge in [-0.25, -0.2) is 0 Å². The number of aryl methyl sites for hydroxylation is 3. The van der Waals surface area contributed by atoms with Gasteiger partial charge >= 0.3 is 0 Å². The van der Waals surface area contributed by atoms with Crippen molar-refractivity contribution >= 4 is 11.8 Å². The summed E-state index contributed by atoms with van der Waals surface area (Å²) in [6, 6.07) is 4.66. The lowest BCUT2D eigenvalue weighted by Crippen LogP contribution is -2.31. The van der Waals surface area contributed by atoms with Crippen molar-refractivity contribution in [1.29, 1.82) is 0 Å². The second-order valence-corrected chi connectivity index (χ2v) is 6.16. The maximum Gasteiger partial charge on any atom is 0.0792 e. The molecule has 0 aromatic heterocycles. The van der Waals surface area contributed by atoms with Gasteiger partial charge in [0.05, 0.1) is 5.37 Å². The molecule has 0 bridgehead atoms. The van der Waals surface area contributed by atoms with E-state index >= 15 is 0 Å². The number of benzene rings is 1. The van der Waals surface area contributed by atoms with Crippen LogP contribution in [0.1, 0.15) is 34.6 Å². The summed E-state index contributed by atoms with van der Waals surface area (Å²) < 4.78 is 0. The van der Waals surface area contributed by atoms with E-state index in [9.17, 15) is 0 Å². The summed E-state index contributed by atoms with van der Waals surface area (Å²) in [6.07, 6.45) is 0. The largest absolute Gasteiger partial charge is 0.301 e. The number of hydrogen-bond donors (Lipinski definition) is 1. The highest BCUT2D eigenvalue weighted by atomic mass is 32.2. The van der Waals surface area contributed by atoms with Crippen LogP contribution in [-0.2, 0) is 0 Å². The average Bonchev–Trinajstić information content (AvgIpc) is 2.25. The van der Waals surface area contributed by atoms with Crippen LogP contribution in [0.15, 0.2) is 12.1 Å². The van der Waals surface area contributed by atoms with Gasteiger partial charge in [0.25, 0.3) is 0 Å². The molecule has 16 heavy (non-hydrogen) atoms. The predicted octanol–water partition coefficient (Wildman–Crippen LogP) is 3.58. The highest BCUT2D eigenvalue weighted by Gasteiger charge is 2.21. The molecule has 1 heterocycles. The predicted molar refractivity (Wildman–Crippen MR) is 73.0 cm³/mol. The first-order valence-corrected chi connectivity index (χ1v) is 7.05. The van der Waals surface area contributed by atoms with Gasteiger partial charge in [-0.3, -0.25) is 0 Å². The molecule has 0 amide bonds. The maximum atomic E-state index is 3.64. The first kappa shape index (κ1) is 12.0. The first-order valence-electron chi connectivity index (χ1n) is 6.00. The molecule has 1 saturated heterocycles. The highest BCUT2D eigenvalue weighted by Crippen LogP contribution is 2.34. The molecule has 0 spiro atoms. The topological polar surface area (TPSA) is 12.0 Å². The lowest BCUT2D eigenvalue weighted by Gasteiger charge is -2.29. The molecular weight excluding hydrogens is 214 g/mol. The highest BCUT2D eigenvalue weighted by molar-refractivity contribution is 7.99. The fourth-order valence-corrected chi connectivity index (χ4v) is 3.44. The van der Waals surface area contributed by atoms with E-state index in [-0.39, 0.29) is 0 Å². The Balaban J connectivity index is 2.23. The van der Waals surface area contributed by atoms with Crippen molar-refractivity contribution < 1.29 is 0 Å². The molecule has 2 rings (SSSR count). The van der Waals surface area contributed by atoms with Crippen LogP contribution in [0, 0.1) is 26.7 Å². The van der Waals surface area contributed by atoms with E-state index in [4.69, 9.17) is 0 Å². The molecule has 1 aliphatic rings. The van der Waals surface area contributed by atoms with Crippen LogP contribution in [0.2, 0.25) is 0 Å². The minimum Gasteiger partial charge on any atom is -0.301 e. The van der Waals surface area contributed by atoms with Gasteiger partial charge in [0, 0.05) is 0 Å². The molecule has 0 aliphatic carbocycles. The summed E-state index contributed by atoms with van der Waals surface area (Å²) in [4.78, 5) is 0. The first-order chi connectivity index (χ1) is 7.58. The summed E-state index contributed by atoms with van der Waals surface area (Å²) in [5, 5.41) is 4.13. The molecular formula is C14H21NS. The molecule has 0 saturated carbocycles. The maximum absolute atomic E-state index is 3.64. The third-order valence-electron chi connectivity index (χ3n) is 3.36. The van der Waals surface area contributed by atoms with E-state index in [1.165, 1.54) is 28.0 Å². The molecule has 2 atom stereocenters. The van der Waals surface area contributed by atoms with E-state index in [2.05, 4.69) is 45.1 Å². The molecule has 1 N–H and O–H groups in total. The van der Waals surface area contributed by atoms with Gasteiger partial charge in [-0.1, -0.05) is 19.1 Å². The van der Waals surface area contributed by atoms with Crippen LogP contribution in [0.25, 0.3) is 0 Å². The van der Waals surface area contributed by atoms with Crippen LogP contribution in [0.3, 0.4) is 0 Å². The van der Waals surface area contributed by atoms with Crippen LogP contribution < -0.4 is 5.32 Å². The van der Waals surface area contributed by atoms with Gasteiger partial charge in [-0.05, 0) is 61.2 Å². The third-order valence-corrected chi connectivity index (χ3v) is 4.88. The van der Waals surface area contributed by atoms with Crippen molar-refractivity contribution in [2.24, 2.45) is 5.92 Å². The Hall–Kier alpha value is -0.470. The van der Waals surface area contributed by atoms with Gasteiger partial charge < -0.3 is 5.32 Å². The minimum absolute atomic E-state index is 0.496. The second-order valence-electron chi connectivity index (χ2n) is 5.02. The molecule has 1 nitrogen and oxygen atoms in total. The Labute approximate surface area is 103 Å². The van der Waals surface area contributed by atoms with E-state index in [1.54, 1.807) is 0 Å². The number of hydrogen-bond acceptors (Lipinski definition) is 2. The van der Waals surface area contributed by atoms with E-state index in [0.717, 1.165) is 12.5 Å². The molecule has 1 aromatic rings. The number of nitrogens with one attached hydrogen (secondary N) is 1. The lowest BCUT2D eigenvalue weighted by molar-refractivity contribution is 0.528. The van der Waals surface area contributed by atoms with Crippen LogP contribution in [0.4, 0.5) is 0 Å². The normalized spacial score (nSPS) is 25.8. The van der Waals surface area contributed by atoms with E-state index < -0.39 is 0 Å². The summed E-state index contributed by atoms with van der Waals surface area (Å²) in [7, 11) is 0. The summed E-state index contributed by atoms with van der Waals surface area (Å²) in [6.45, 7) is 10.1. The van der Waals surface area contributed by atoms with Crippen molar-refractivity contribution in [3.8, 4) is 0 Å². The molecule has 1 aromatic carbocycles. The van der Waals surface area contributed by atoms with Crippen LogP contribution in [0.5, 0.6) is 0 Å². The molecule has 2 unspecified atom stereocenters. The summed E-state index contributed by atoms with van der Waals surface area (Å²) >= 11 is 2.04. The van der Waals surface area contributed by atoms with E-state index in [1.807, 2.05) is 11.8 Å². The molecule has 2 heteroatoms. The standard InChI is InChI=1S/C14H21NS/c1-9-7-15-14(16-8-9)13-6-11(3)10(2)5-12(13)4/h5-6,9,14-15H,7-8H2,1-4H3. The van der Waals surface area contributed by atoms with Crippen LogP contribution in [-0.4, -0.2) is 12.3 Å². The zero-order valence-corrected chi connectivity index (χ0v) is 11.4. The SMILES string of the molecule is Cc1cc(C)c(C2NCC(C)CS2)cc1C. The van der Waals surface area contributed by atoms with Crippen molar-refractivity contribution in [3.63, 3.8) is 0 Å². The van der Waals surface area contributed by atoms with Gasteiger partial charge in [0.15, 0.2) is 0 Å². The zero-order chi connectivity index (χ0) is 11.7. The van der Waals surface area contributed by atoms with Crippen molar-refractivity contribution in [2.75, 3.05) is 12.3 Å². The van der Waals surface area contributed by atoms with Gasteiger partial charge in [-0.15, -0.1) is 11.8 Å². The van der Waals surface area contributed by atoms with Gasteiger partial charge in [0.1, 0.15) is 0 Å². The Bertz CT molecular complexity index is 379. The second kappa shape index (κ2) is 4.80. The minimum atomic E-state index is 0.496.